The zero-order chi connectivity index (χ0) is 66.1. The van der Waals surface area contributed by atoms with Gasteiger partial charge < -0.3 is 59.6 Å². The van der Waals surface area contributed by atoms with Gasteiger partial charge in [0, 0.05) is 43.8 Å². The van der Waals surface area contributed by atoms with Crippen LogP contribution in [0.4, 0.5) is 5.69 Å². The summed E-state index contributed by atoms with van der Waals surface area (Å²) in [6, 6.07) is 54.6. The molecule has 0 radical (unpaired) electrons. The van der Waals surface area contributed by atoms with Crippen molar-refractivity contribution in [3.63, 3.8) is 0 Å². The molecule has 470 valence electrons. The molecule has 2 heterocycles. The van der Waals surface area contributed by atoms with Gasteiger partial charge in [0.15, 0.2) is 24.4 Å². The van der Waals surface area contributed by atoms with E-state index in [9.17, 15) is 28.8 Å². The van der Waals surface area contributed by atoms with Gasteiger partial charge in [0.1, 0.15) is 35.1 Å². The second kappa shape index (κ2) is 38.0. The molecule has 5 atom stereocenters. The van der Waals surface area contributed by atoms with Crippen molar-refractivity contribution in [2.24, 2.45) is 0 Å². The first kappa shape index (κ1) is 72.1. The van der Waals surface area contributed by atoms with Crippen molar-refractivity contribution in [1.82, 2.24) is 9.97 Å². The number of anilines is 1. The van der Waals surface area contributed by atoms with E-state index < -0.39 is 66.3 Å². The molecule has 0 bridgehead atoms. The van der Waals surface area contributed by atoms with E-state index in [4.69, 9.17) is 82.8 Å². The summed E-state index contributed by atoms with van der Waals surface area (Å²) in [6.45, 7) is 8.11. The van der Waals surface area contributed by atoms with Crippen LogP contribution in [0.1, 0.15) is 51.3 Å². The largest absolute Gasteiger partial charge is 0.480 e. The zero-order valence-electron chi connectivity index (χ0n) is 49.4. The molecular weight excluding hydrogens is 1200 g/mol. The molecule has 23 heteroatoms. The smallest absolute Gasteiger partial charge is 0.344 e. The lowest BCUT2D eigenvalue weighted by Gasteiger charge is -2.13. The number of nitrogens with one attached hydrogen (secondary N) is 1. The van der Waals surface area contributed by atoms with Crippen molar-refractivity contribution < 1.29 is 83.1 Å². The average Bonchev–Trinajstić information content (AvgIpc) is 0.928. The first-order chi connectivity index (χ1) is 43.0. The number of rotatable bonds is 21. The quantitative estimate of drug-likeness (QED) is 0.0260. The monoisotopic (exact) mass is 1270 g/mol. The number of para-hydroxylation sites is 1. The average molecular weight is 1270 g/mol. The Labute approximate surface area is 528 Å². The molecule has 9 rings (SSSR count). The van der Waals surface area contributed by atoms with Gasteiger partial charge in [-0.3, -0.25) is 9.78 Å². The number of hydrogen-bond acceptors (Lipinski definition) is 15. The third-order valence-electron chi connectivity index (χ3n) is 12.2. The second-order valence-electron chi connectivity index (χ2n) is 19.0. The molecule has 0 amide bonds. The maximum absolute atomic E-state index is 10.8. The minimum absolute atomic E-state index is 0.215. The van der Waals surface area contributed by atoms with E-state index in [0.29, 0.717) is 46.2 Å². The Bertz CT molecular complexity index is 3810. The maximum Gasteiger partial charge on any atom is 0.344 e. The number of halogens is 2. The van der Waals surface area contributed by atoms with E-state index >= 15 is 0 Å². The molecule has 0 aliphatic rings. The van der Waals surface area contributed by atoms with Crippen LogP contribution in [0.3, 0.4) is 0 Å². The highest BCUT2D eigenvalue weighted by atomic mass is 35.5. The molecule has 0 saturated carbocycles. The minimum atomic E-state index is -1.02. The van der Waals surface area contributed by atoms with Crippen molar-refractivity contribution in [3.8, 4) is 23.3 Å². The van der Waals surface area contributed by atoms with Gasteiger partial charge in [0.05, 0.1) is 36.6 Å². The SMILES string of the molecule is CC(OCc1ccccc1)C(=O)O.C[C@H](Nc1ccc(Cl)cc1)C(=O)O.C[C@H](Oc1ccc(C#N)c2ccccc12)C(=O)O.C[C@H](Oc1ccnc2ccccc12)C(=O)O.C[C@H](Oc1cnc(Cl)c2ccccc12)C(=O)O.O=C(O)COCCc1ccccc1. The van der Waals surface area contributed by atoms with E-state index in [2.05, 4.69) is 21.4 Å². The summed E-state index contributed by atoms with van der Waals surface area (Å²) < 4.78 is 26.0. The lowest BCUT2D eigenvalue weighted by Crippen LogP contribution is -2.25. The Morgan fingerprint density at radius 3 is 1.49 bits per heavy atom. The number of pyridine rings is 2. The normalized spacial score (nSPS) is 11.8. The Hall–Kier alpha value is -10.4. The van der Waals surface area contributed by atoms with Gasteiger partial charge in [-0.15, -0.1) is 0 Å². The summed E-state index contributed by atoms with van der Waals surface area (Å²) in [6.07, 6.45) is 0.318. The van der Waals surface area contributed by atoms with Crippen molar-refractivity contribution in [2.45, 2.75) is 78.1 Å². The molecule has 7 N–H and O–H groups in total. The highest BCUT2D eigenvalue weighted by molar-refractivity contribution is 6.34. The van der Waals surface area contributed by atoms with Gasteiger partial charge in [-0.2, -0.15) is 5.26 Å². The predicted octanol–water partition coefficient (Wildman–Crippen LogP) is 12.6. The van der Waals surface area contributed by atoms with Crippen LogP contribution in [-0.2, 0) is 51.3 Å². The highest BCUT2D eigenvalue weighted by Gasteiger charge is 2.18. The molecule has 9 aromatic rings. The predicted molar refractivity (Wildman–Crippen MR) is 339 cm³/mol. The molecule has 0 saturated heterocycles. The molecule has 90 heavy (non-hydrogen) atoms. The summed E-state index contributed by atoms with van der Waals surface area (Å²) in [7, 11) is 0. The molecule has 21 nitrogen and oxygen atoms in total. The van der Waals surface area contributed by atoms with E-state index in [0.717, 1.165) is 55.7 Å². The standard InChI is InChI=1S/C14H11NO3.C12H10ClNO3.C12H11NO3.2C10H12O3.C9H10ClNO2/c1-9(14(16)17)18-13-7-6-10(8-15)11-4-2-3-5-12(11)13;1-7(12(15)16)17-10-6-14-11(13)9-5-3-2-4-8(9)10;1-8(12(14)15)16-11-6-7-13-10-5-3-2-4-9(10)11;1-8(10(11)12)13-7-9-5-3-2-4-6-9;11-10(12)8-13-7-6-9-4-2-1-3-5-9;1-6(9(12)13)11-8-4-2-7(10)3-5-8/h2-7,9H,1H3,(H,16,17);2-7H,1H3,(H,15,16);2-8H,1H3,(H,14,15);2-6,8H,7H2,1H3,(H,11,12);1-5H,6-8H2,(H,11,12);2-6,11H,1H3,(H,12,13)/t9-;7-;8-;;;6-/m000..0/s1. The molecule has 0 spiro atoms. The van der Waals surface area contributed by atoms with Gasteiger partial charge in [0.2, 0.25) is 0 Å². The van der Waals surface area contributed by atoms with Crippen LogP contribution in [0, 0.1) is 11.3 Å². The van der Waals surface area contributed by atoms with Crippen LogP contribution in [0.15, 0.2) is 188 Å². The summed E-state index contributed by atoms with van der Waals surface area (Å²) >= 11 is 11.6. The van der Waals surface area contributed by atoms with Crippen LogP contribution in [-0.4, -0.2) is 120 Å². The van der Waals surface area contributed by atoms with Crippen molar-refractivity contribution in [2.75, 3.05) is 18.5 Å². The number of carboxylic acids is 6. The summed E-state index contributed by atoms with van der Waals surface area (Å²) in [5.74, 6) is -4.34. The number of ether oxygens (including phenoxy) is 5. The first-order valence-corrected chi connectivity index (χ1v) is 28.2. The molecule has 0 aliphatic carbocycles. The van der Waals surface area contributed by atoms with Crippen LogP contribution in [0.2, 0.25) is 10.2 Å². The zero-order valence-corrected chi connectivity index (χ0v) is 50.9. The van der Waals surface area contributed by atoms with Crippen LogP contribution >= 0.6 is 23.2 Å². The van der Waals surface area contributed by atoms with E-state index in [1.165, 1.54) is 33.9 Å². The fourth-order valence-electron chi connectivity index (χ4n) is 7.31. The Morgan fingerprint density at radius 1 is 0.500 bits per heavy atom. The van der Waals surface area contributed by atoms with Gasteiger partial charge in [-0.1, -0.05) is 145 Å². The Kier molecular flexibility index (Phi) is 30.5. The van der Waals surface area contributed by atoms with Gasteiger partial charge in [-0.25, -0.2) is 29.0 Å². The topological polar surface area (TPSA) is 332 Å². The Balaban J connectivity index is 0.000000232. The first-order valence-electron chi connectivity index (χ1n) is 27.4. The summed E-state index contributed by atoms with van der Waals surface area (Å²) in [5, 5.41) is 68.5. The van der Waals surface area contributed by atoms with Crippen molar-refractivity contribution in [3.05, 3.63) is 215 Å². The van der Waals surface area contributed by atoms with Crippen molar-refractivity contribution >= 4 is 97.2 Å². The number of fused-ring (bicyclic) bond motifs is 3. The van der Waals surface area contributed by atoms with E-state index in [1.54, 1.807) is 61.7 Å². The fourth-order valence-corrected chi connectivity index (χ4v) is 7.65. The van der Waals surface area contributed by atoms with Crippen LogP contribution in [0.5, 0.6) is 17.2 Å². The van der Waals surface area contributed by atoms with Gasteiger partial charge >= 0.3 is 35.8 Å². The molecule has 1 unspecified atom stereocenters. The summed E-state index contributed by atoms with van der Waals surface area (Å²) in [5.41, 5.74) is 4.22. The Morgan fingerprint density at radius 2 is 0.967 bits per heavy atom. The number of hydrogen-bond donors (Lipinski definition) is 7. The molecule has 2 aromatic heterocycles. The third kappa shape index (κ3) is 25.2. The molecule has 0 aliphatic heterocycles. The number of aliphatic carboxylic acids is 6. The minimum Gasteiger partial charge on any atom is -0.480 e. The number of aromatic nitrogens is 2. The summed E-state index contributed by atoms with van der Waals surface area (Å²) in [4.78, 5) is 71.3. The van der Waals surface area contributed by atoms with E-state index in [-0.39, 0.29) is 6.61 Å². The van der Waals surface area contributed by atoms with E-state index in [1.807, 2.05) is 127 Å². The highest BCUT2D eigenvalue weighted by Crippen LogP contribution is 2.31. The molecule has 7 aromatic carbocycles. The second-order valence-corrected chi connectivity index (χ2v) is 19.8. The van der Waals surface area contributed by atoms with Gasteiger partial charge in [0.25, 0.3) is 0 Å². The lowest BCUT2D eigenvalue weighted by molar-refractivity contribution is -0.150. The molecular formula is C67H66Cl2N4O17. The third-order valence-corrected chi connectivity index (χ3v) is 12.7. The number of nitriles is 1. The number of benzene rings is 7. The van der Waals surface area contributed by atoms with Crippen LogP contribution < -0.4 is 19.5 Å². The number of nitrogens with zero attached hydrogens (tertiary/aromatic N) is 3. The van der Waals surface area contributed by atoms with Crippen LogP contribution in [0.25, 0.3) is 32.4 Å². The lowest BCUT2D eigenvalue weighted by atomic mass is 10.0. The molecule has 0 fully saturated rings. The fraction of sp³-hybridized carbons (Fsp3) is 0.209. The number of carbonyl (C=O) groups is 6. The number of carboxylic acid groups (broad SMARTS) is 6. The van der Waals surface area contributed by atoms with Gasteiger partial charge in [-0.05, 0) is 107 Å². The maximum atomic E-state index is 10.8. The van der Waals surface area contributed by atoms with Crippen molar-refractivity contribution in [1.29, 1.82) is 5.26 Å².